The molecule has 0 aliphatic heterocycles. The average molecular weight is 197 g/mol. The summed E-state index contributed by atoms with van der Waals surface area (Å²) >= 11 is 0. The van der Waals surface area contributed by atoms with Crippen LogP contribution in [0.4, 0.5) is 10.2 Å². The maximum absolute atomic E-state index is 13.5. The summed E-state index contributed by atoms with van der Waals surface area (Å²) in [4.78, 5) is 15.0. The molecule has 2 N–H and O–H groups in total. The maximum atomic E-state index is 13.5. The van der Waals surface area contributed by atoms with Crippen LogP contribution in [0.3, 0.4) is 0 Å². The molecule has 76 valence electrons. The maximum Gasteiger partial charge on any atom is 0.254 e. The van der Waals surface area contributed by atoms with Gasteiger partial charge < -0.3 is 10.6 Å². The summed E-state index contributed by atoms with van der Waals surface area (Å²) in [5, 5.41) is 5.09. The fraction of sp³-hybridized carbons (Fsp3) is 0.333. The monoisotopic (exact) mass is 197 g/mol. The SMILES string of the molecule is CCNc1nccc(C(=O)NC)c1F. The molecule has 0 bridgehead atoms. The molecular weight excluding hydrogens is 185 g/mol. The lowest BCUT2D eigenvalue weighted by Gasteiger charge is -2.06. The van der Waals surface area contributed by atoms with Crippen LogP contribution < -0.4 is 10.6 Å². The molecule has 1 aromatic heterocycles. The molecule has 0 radical (unpaired) electrons. The summed E-state index contributed by atoms with van der Waals surface area (Å²) in [6.45, 7) is 2.38. The first kappa shape index (κ1) is 10.4. The van der Waals surface area contributed by atoms with E-state index in [1.807, 2.05) is 6.92 Å². The number of anilines is 1. The topological polar surface area (TPSA) is 54.0 Å². The van der Waals surface area contributed by atoms with E-state index in [2.05, 4.69) is 15.6 Å². The van der Waals surface area contributed by atoms with Crippen LogP contribution in [0.25, 0.3) is 0 Å². The predicted molar refractivity (Wildman–Crippen MR) is 51.7 cm³/mol. The summed E-state index contributed by atoms with van der Waals surface area (Å²) in [6, 6.07) is 1.34. The van der Waals surface area contributed by atoms with Crippen molar-refractivity contribution in [1.29, 1.82) is 0 Å². The van der Waals surface area contributed by atoms with Gasteiger partial charge in [-0.25, -0.2) is 9.37 Å². The molecule has 0 saturated heterocycles. The number of nitrogens with one attached hydrogen (secondary N) is 2. The van der Waals surface area contributed by atoms with E-state index >= 15 is 0 Å². The van der Waals surface area contributed by atoms with Crippen LogP contribution in [0.2, 0.25) is 0 Å². The molecule has 0 aliphatic carbocycles. The number of nitrogens with zero attached hydrogens (tertiary/aromatic N) is 1. The van der Waals surface area contributed by atoms with Crippen molar-refractivity contribution in [3.63, 3.8) is 0 Å². The Kier molecular flexibility index (Phi) is 3.39. The van der Waals surface area contributed by atoms with Gasteiger partial charge in [0.2, 0.25) is 0 Å². The normalized spacial score (nSPS) is 9.64. The zero-order valence-electron chi connectivity index (χ0n) is 8.10. The van der Waals surface area contributed by atoms with E-state index in [0.29, 0.717) is 6.54 Å². The third kappa shape index (κ3) is 1.99. The van der Waals surface area contributed by atoms with Crippen LogP contribution in [0, 0.1) is 5.82 Å². The zero-order valence-corrected chi connectivity index (χ0v) is 8.10. The second-order valence-corrected chi connectivity index (χ2v) is 2.63. The van der Waals surface area contributed by atoms with Crippen molar-refractivity contribution in [2.45, 2.75) is 6.92 Å². The van der Waals surface area contributed by atoms with E-state index in [-0.39, 0.29) is 11.4 Å². The summed E-state index contributed by atoms with van der Waals surface area (Å²) in [5.41, 5.74) is -0.00144. The van der Waals surface area contributed by atoms with Crippen LogP contribution in [-0.4, -0.2) is 24.5 Å². The third-order valence-corrected chi connectivity index (χ3v) is 1.71. The van der Waals surface area contributed by atoms with Crippen molar-refractivity contribution in [3.05, 3.63) is 23.6 Å². The first-order valence-electron chi connectivity index (χ1n) is 4.31. The predicted octanol–water partition coefficient (Wildman–Crippen LogP) is 1.01. The van der Waals surface area contributed by atoms with Crippen molar-refractivity contribution >= 4 is 11.7 Å². The largest absolute Gasteiger partial charge is 0.368 e. The minimum atomic E-state index is -0.617. The number of hydrogen-bond acceptors (Lipinski definition) is 3. The highest BCUT2D eigenvalue weighted by Crippen LogP contribution is 2.14. The summed E-state index contributed by atoms with van der Waals surface area (Å²) < 4.78 is 13.5. The average Bonchev–Trinajstić information content (AvgIpc) is 2.20. The number of amides is 1. The van der Waals surface area contributed by atoms with Gasteiger partial charge in [0.15, 0.2) is 11.6 Å². The molecule has 0 atom stereocenters. The number of hydrogen-bond donors (Lipinski definition) is 2. The number of carbonyl (C=O) groups is 1. The lowest BCUT2D eigenvalue weighted by molar-refractivity contribution is 0.0959. The van der Waals surface area contributed by atoms with Gasteiger partial charge >= 0.3 is 0 Å². The molecule has 1 rings (SSSR count). The Bertz CT molecular complexity index is 341. The molecule has 0 unspecified atom stereocenters. The molecule has 4 nitrogen and oxygen atoms in total. The molecule has 0 fully saturated rings. The Labute approximate surface area is 81.5 Å². The highest BCUT2D eigenvalue weighted by molar-refractivity contribution is 5.94. The molecule has 5 heteroatoms. The fourth-order valence-corrected chi connectivity index (χ4v) is 1.04. The molecule has 0 aliphatic rings. The summed E-state index contributed by atoms with van der Waals surface area (Å²) in [5.74, 6) is -0.966. The summed E-state index contributed by atoms with van der Waals surface area (Å²) in [7, 11) is 1.45. The van der Waals surface area contributed by atoms with Crippen LogP contribution in [0.5, 0.6) is 0 Å². The first-order chi connectivity index (χ1) is 6.70. The standard InChI is InChI=1S/C9H12FN3O/c1-3-12-8-7(10)6(4-5-13-8)9(14)11-2/h4-5H,3H2,1-2H3,(H,11,14)(H,12,13). The Morgan fingerprint density at radius 3 is 2.93 bits per heavy atom. The van der Waals surface area contributed by atoms with E-state index < -0.39 is 11.7 Å². The molecule has 1 heterocycles. The molecular formula is C9H12FN3O. The Morgan fingerprint density at radius 1 is 1.64 bits per heavy atom. The van der Waals surface area contributed by atoms with E-state index in [1.165, 1.54) is 19.3 Å². The second kappa shape index (κ2) is 4.55. The number of pyridine rings is 1. The first-order valence-corrected chi connectivity index (χ1v) is 4.31. The number of carbonyl (C=O) groups excluding carboxylic acids is 1. The molecule has 1 amide bonds. The van der Waals surface area contributed by atoms with E-state index in [1.54, 1.807) is 0 Å². The highest BCUT2D eigenvalue weighted by Gasteiger charge is 2.13. The van der Waals surface area contributed by atoms with E-state index in [9.17, 15) is 9.18 Å². The van der Waals surface area contributed by atoms with Gasteiger partial charge in [0, 0.05) is 19.8 Å². The Morgan fingerprint density at radius 2 is 2.36 bits per heavy atom. The molecule has 1 aromatic rings. The molecule has 0 aromatic carbocycles. The minimum absolute atomic E-state index is 0.00144. The third-order valence-electron chi connectivity index (χ3n) is 1.71. The number of aromatic nitrogens is 1. The minimum Gasteiger partial charge on any atom is -0.368 e. The number of halogens is 1. The smallest absolute Gasteiger partial charge is 0.254 e. The van der Waals surface area contributed by atoms with Gasteiger partial charge in [-0.05, 0) is 13.0 Å². The van der Waals surface area contributed by atoms with Crippen molar-refractivity contribution in [2.24, 2.45) is 0 Å². The van der Waals surface area contributed by atoms with Crippen molar-refractivity contribution < 1.29 is 9.18 Å². The Hall–Kier alpha value is -1.65. The van der Waals surface area contributed by atoms with Gasteiger partial charge in [0.1, 0.15) is 0 Å². The van der Waals surface area contributed by atoms with Crippen molar-refractivity contribution in [1.82, 2.24) is 10.3 Å². The van der Waals surface area contributed by atoms with Crippen LogP contribution in [0.1, 0.15) is 17.3 Å². The molecule has 0 spiro atoms. The number of rotatable bonds is 3. The Balaban J connectivity index is 3.07. The van der Waals surface area contributed by atoms with Gasteiger partial charge in [0.25, 0.3) is 5.91 Å². The van der Waals surface area contributed by atoms with Crippen molar-refractivity contribution in [3.8, 4) is 0 Å². The van der Waals surface area contributed by atoms with Gasteiger partial charge in [-0.3, -0.25) is 4.79 Å². The zero-order chi connectivity index (χ0) is 10.6. The highest BCUT2D eigenvalue weighted by atomic mass is 19.1. The quantitative estimate of drug-likeness (QED) is 0.760. The lowest BCUT2D eigenvalue weighted by atomic mass is 10.2. The van der Waals surface area contributed by atoms with Gasteiger partial charge in [0.05, 0.1) is 5.56 Å². The molecule has 0 saturated carbocycles. The van der Waals surface area contributed by atoms with Gasteiger partial charge in [-0.2, -0.15) is 0 Å². The molecule has 14 heavy (non-hydrogen) atoms. The van der Waals surface area contributed by atoms with Crippen molar-refractivity contribution in [2.75, 3.05) is 18.9 Å². The second-order valence-electron chi connectivity index (χ2n) is 2.63. The lowest BCUT2D eigenvalue weighted by Crippen LogP contribution is -2.20. The van der Waals surface area contributed by atoms with Gasteiger partial charge in [-0.15, -0.1) is 0 Å². The van der Waals surface area contributed by atoms with E-state index in [0.717, 1.165) is 0 Å². The van der Waals surface area contributed by atoms with Crippen LogP contribution in [-0.2, 0) is 0 Å². The fourth-order valence-electron chi connectivity index (χ4n) is 1.04. The van der Waals surface area contributed by atoms with Crippen LogP contribution in [0.15, 0.2) is 12.3 Å². The van der Waals surface area contributed by atoms with Gasteiger partial charge in [-0.1, -0.05) is 0 Å². The summed E-state index contributed by atoms with van der Waals surface area (Å²) in [6.07, 6.45) is 1.39. The van der Waals surface area contributed by atoms with Crippen LogP contribution >= 0.6 is 0 Å². The van der Waals surface area contributed by atoms with E-state index in [4.69, 9.17) is 0 Å².